The number of benzene rings is 1. The number of carbonyl (C=O) groups excluding carboxylic acids is 1. The molecule has 0 saturated carbocycles. The van der Waals surface area contributed by atoms with Crippen molar-refractivity contribution in [1.82, 2.24) is 10.2 Å². The Morgan fingerprint density at radius 1 is 1.30 bits per heavy atom. The molecule has 0 spiro atoms. The summed E-state index contributed by atoms with van der Waals surface area (Å²) < 4.78 is 34.5. The normalized spacial score (nSPS) is 18.7. The van der Waals surface area contributed by atoms with Gasteiger partial charge in [-0.25, -0.2) is 4.79 Å². The first-order valence-corrected chi connectivity index (χ1v) is 9.62. The number of nitrogens with zero attached hydrogens (tertiary/aromatic N) is 1. The van der Waals surface area contributed by atoms with Gasteiger partial charge in [-0.2, -0.15) is 8.78 Å². The van der Waals surface area contributed by atoms with Crippen molar-refractivity contribution in [1.29, 1.82) is 0 Å². The predicted molar refractivity (Wildman–Crippen MR) is 100 cm³/mol. The van der Waals surface area contributed by atoms with Gasteiger partial charge in [-0.1, -0.05) is 25.8 Å². The van der Waals surface area contributed by atoms with Crippen LogP contribution in [0.2, 0.25) is 0 Å². The van der Waals surface area contributed by atoms with Crippen molar-refractivity contribution in [2.45, 2.75) is 58.6 Å². The van der Waals surface area contributed by atoms with E-state index in [0.29, 0.717) is 5.92 Å². The molecule has 1 saturated heterocycles. The third kappa shape index (κ3) is 6.26. The number of methoxy groups -OCH3 is 1. The molecule has 5 nitrogen and oxygen atoms in total. The molecule has 0 aromatic heterocycles. The molecule has 1 aromatic rings. The zero-order valence-electron chi connectivity index (χ0n) is 16.3. The predicted octanol–water partition coefficient (Wildman–Crippen LogP) is 4.97. The van der Waals surface area contributed by atoms with E-state index in [-0.39, 0.29) is 23.6 Å². The first-order valence-electron chi connectivity index (χ1n) is 9.62. The van der Waals surface area contributed by atoms with Crippen LogP contribution in [0.25, 0.3) is 0 Å². The van der Waals surface area contributed by atoms with Gasteiger partial charge in [-0.05, 0) is 49.8 Å². The van der Waals surface area contributed by atoms with Gasteiger partial charge in [0.25, 0.3) is 0 Å². The van der Waals surface area contributed by atoms with Crippen LogP contribution in [0.5, 0.6) is 11.5 Å². The highest BCUT2D eigenvalue weighted by Crippen LogP contribution is 2.31. The molecule has 2 amide bonds. The molecule has 7 heteroatoms. The van der Waals surface area contributed by atoms with E-state index in [1.807, 2.05) is 11.8 Å². The smallest absolute Gasteiger partial charge is 0.387 e. The molecule has 1 aliphatic rings. The molecule has 2 unspecified atom stereocenters. The molecular weight excluding hydrogens is 354 g/mol. The highest BCUT2D eigenvalue weighted by atomic mass is 19.3. The maximum absolute atomic E-state index is 12.6. The number of urea groups is 1. The number of halogens is 2. The lowest BCUT2D eigenvalue weighted by atomic mass is 9.96. The summed E-state index contributed by atoms with van der Waals surface area (Å²) in [7, 11) is 1.39. The zero-order chi connectivity index (χ0) is 19.8. The van der Waals surface area contributed by atoms with E-state index >= 15 is 0 Å². The van der Waals surface area contributed by atoms with E-state index in [9.17, 15) is 13.6 Å². The van der Waals surface area contributed by atoms with Crippen LogP contribution >= 0.6 is 0 Å². The molecule has 0 radical (unpaired) electrons. The quantitative estimate of drug-likeness (QED) is 0.722. The number of rotatable bonds is 7. The number of hydrogen-bond donors (Lipinski definition) is 1. The van der Waals surface area contributed by atoms with Crippen LogP contribution in [-0.4, -0.2) is 37.7 Å². The Labute approximate surface area is 160 Å². The second-order valence-corrected chi connectivity index (χ2v) is 7.03. The van der Waals surface area contributed by atoms with Crippen LogP contribution < -0.4 is 14.8 Å². The molecule has 152 valence electrons. The summed E-state index contributed by atoms with van der Waals surface area (Å²) in [6.45, 7) is 2.68. The molecule has 2 atom stereocenters. The Morgan fingerprint density at radius 3 is 2.74 bits per heavy atom. The Kier molecular flexibility index (Phi) is 8.13. The largest absolute Gasteiger partial charge is 0.493 e. The van der Waals surface area contributed by atoms with E-state index in [2.05, 4.69) is 17.0 Å². The van der Waals surface area contributed by atoms with Gasteiger partial charge in [0, 0.05) is 13.1 Å². The van der Waals surface area contributed by atoms with Crippen LogP contribution in [0.1, 0.15) is 57.6 Å². The molecule has 1 aromatic carbocycles. The van der Waals surface area contributed by atoms with Crippen molar-refractivity contribution >= 4 is 6.03 Å². The van der Waals surface area contributed by atoms with Crippen LogP contribution in [0, 0.1) is 5.92 Å². The summed E-state index contributed by atoms with van der Waals surface area (Å²) in [5.74, 6) is 0.896. The van der Waals surface area contributed by atoms with Crippen molar-refractivity contribution in [3.63, 3.8) is 0 Å². The van der Waals surface area contributed by atoms with Gasteiger partial charge in [0.15, 0.2) is 11.5 Å². The van der Waals surface area contributed by atoms with Crippen LogP contribution in [0.4, 0.5) is 13.6 Å². The molecule has 0 bridgehead atoms. The summed E-state index contributed by atoms with van der Waals surface area (Å²) in [4.78, 5) is 14.5. The van der Waals surface area contributed by atoms with Crippen LogP contribution in [-0.2, 0) is 0 Å². The lowest BCUT2D eigenvalue weighted by molar-refractivity contribution is -0.0512. The standard InChI is InChI=1S/C20H30F2N2O3/c1-4-6-15-7-5-11-24(12-10-15)20(25)23-14(2)16-8-9-17(27-19(21)22)18(13-16)26-3/h8-9,13-15,19H,4-7,10-12H2,1-3H3,(H,23,25). The Morgan fingerprint density at radius 2 is 2.07 bits per heavy atom. The lowest BCUT2D eigenvalue weighted by Crippen LogP contribution is -2.41. The molecule has 1 aliphatic heterocycles. The van der Waals surface area contributed by atoms with Gasteiger partial charge < -0.3 is 19.7 Å². The molecular formula is C20H30F2N2O3. The lowest BCUT2D eigenvalue weighted by Gasteiger charge is -2.24. The summed E-state index contributed by atoms with van der Waals surface area (Å²) in [5, 5.41) is 2.99. The highest BCUT2D eigenvalue weighted by Gasteiger charge is 2.22. The van der Waals surface area contributed by atoms with E-state index < -0.39 is 6.61 Å². The van der Waals surface area contributed by atoms with Gasteiger partial charge in [-0.3, -0.25) is 0 Å². The highest BCUT2D eigenvalue weighted by molar-refractivity contribution is 5.74. The monoisotopic (exact) mass is 384 g/mol. The fraction of sp³-hybridized carbons (Fsp3) is 0.650. The first kappa shape index (κ1) is 21.3. The topological polar surface area (TPSA) is 50.8 Å². The third-order valence-corrected chi connectivity index (χ3v) is 5.08. The van der Waals surface area contributed by atoms with Crippen molar-refractivity contribution in [2.75, 3.05) is 20.2 Å². The minimum atomic E-state index is -2.92. The summed E-state index contributed by atoms with van der Waals surface area (Å²) in [5.41, 5.74) is 0.764. The van der Waals surface area contributed by atoms with Gasteiger partial charge in [0.1, 0.15) is 0 Å². The summed E-state index contributed by atoms with van der Waals surface area (Å²) in [6, 6.07) is 4.34. The fourth-order valence-corrected chi connectivity index (χ4v) is 3.57. The van der Waals surface area contributed by atoms with Crippen molar-refractivity contribution in [2.24, 2.45) is 5.92 Å². The van der Waals surface area contributed by atoms with Crippen LogP contribution in [0.3, 0.4) is 0 Å². The molecule has 27 heavy (non-hydrogen) atoms. The van der Waals surface area contributed by atoms with Gasteiger partial charge in [0.05, 0.1) is 13.2 Å². The molecule has 1 fully saturated rings. The van der Waals surface area contributed by atoms with Crippen molar-refractivity contribution in [3.05, 3.63) is 23.8 Å². The number of carbonyl (C=O) groups is 1. The van der Waals surface area contributed by atoms with Crippen LogP contribution in [0.15, 0.2) is 18.2 Å². The van der Waals surface area contributed by atoms with E-state index in [4.69, 9.17) is 4.74 Å². The molecule has 1 heterocycles. The number of ether oxygens (including phenoxy) is 2. The van der Waals surface area contributed by atoms with Gasteiger partial charge in [0.2, 0.25) is 0 Å². The second-order valence-electron chi connectivity index (χ2n) is 7.03. The van der Waals surface area contributed by atoms with Crippen molar-refractivity contribution in [3.8, 4) is 11.5 Å². The summed E-state index contributed by atoms with van der Waals surface area (Å²) in [6.07, 6.45) is 5.65. The molecule has 0 aliphatic carbocycles. The minimum absolute atomic E-state index is 0.0238. The third-order valence-electron chi connectivity index (χ3n) is 5.08. The van der Waals surface area contributed by atoms with Gasteiger partial charge >= 0.3 is 12.6 Å². The molecule has 1 N–H and O–H groups in total. The first-order chi connectivity index (χ1) is 12.9. The Hall–Kier alpha value is -2.05. The Balaban J connectivity index is 1.97. The van der Waals surface area contributed by atoms with Crippen molar-refractivity contribution < 1.29 is 23.0 Å². The molecule has 2 rings (SSSR count). The minimum Gasteiger partial charge on any atom is -0.493 e. The van der Waals surface area contributed by atoms with Gasteiger partial charge in [-0.15, -0.1) is 0 Å². The number of alkyl halides is 2. The fourth-order valence-electron chi connectivity index (χ4n) is 3.57. The summed E-state index contributed by atoms with van der Waals surface area (Å²) >= 11 is 0. The average molecular weight is 384 g/mol. The maximum atomic E-state index is 12.6. The average Bonchev–Trinajstić information content (AvgIpc) is 2.87. The maximum Gasteiger partial charge on any atom is 0.387 e. The number of likely N-dealkylation sites (tertiary alicyclic amines) is 1. The Bertz CT molecular complexity index is 613. The second kappa shape index (κ2) is 10.3. The van der Waals surface area contributed by atoms with E-state index in [1.54, 1.807) is 12.1 Å². The number of nitrogens with one attached hydrogen (secondary N) is 1. The van der Waals surface area contributed by atoms with E-state index in [0.717, 1.165) is 31.5 Å². The zero-order valence-corrected chi connectivity index (χ0v) is 16.3. The SMILES string of the molecule is CCCC1CCCN(C(=O)NC(C)c2ccc(OC(F)F)c(OC)c2)CC1. The van der Waals surface area contributed by atoms with E-state index in [1.165, 1.54) is 32.4 Å². The number of amides is 2. The number of hydrogen-bond acceptors (Lipinski definition) is 3.